The molecule has 0 bridgehead atoms. The first-order chi connectivity index (χ1) is 10.7. The van der Waals surface area contributed by atoms with Crippen molar-refractivity contribution < 1.29 is 18.1 Å². The number of nitrogens with zero attached hydrogens (tertiary/aromatic N) is 2. The molecule has 0 unspecified atom stereocenters. The lowest BCUT2D eigenvalue weighted by Crippen LogP contribution is -2.42. The number of benzene rings is 1. The van der Waals surface area contributed by atoms with E-state index < -0.39 is 20.9 Å². The van der Waals surface area contributed by atoms with Crippen LogP contribution in [0.4, 0.5) is 5.69 Å². The van der Waals surface area contributed by atoms with E-state index in [0.29, 0.717) is 5.56 Å². The fraction of sp³-hybridized carbons (Fsp3) is 0.154. The largest absolute Gasteiger partial charge is 0.347 e. The van der Waals surface area contributed by atoms with Crippen LogP contribution in [0, 0.1) is 17.0 Å². The van der Waals surface area contributed by atoms with E-state index in [1.807, 2.05) is 4.83 Å². The van der Waals surface area contributed by atoms with Gasteiger partial charge in [-0.2, -0.15) is 0 Å². The van der Waals surface area contributed by atoms with E-state index in [-0.39, 0.29) is 16.3 Å². The molecule has 1 amide bonds. The molecule has 1 aromatic heterocycles. The van der Waals surface area contributed by atoms with Crippen molar-refractivity contribution in [2.75, 3.05) is 0 Å². The zero-order valence-electron chi connectivity index (χ0n) is 12.3. The Morgan fingerprint density at radius 3 is 2.57 bits per heavy atom. The van der Waals surface area contributed by atoms with Crippen molar-refractivity contribution in [3.05, 3.63) is 57.9 Å². The highest BCUT2D eigenvalue weighted by molar-refractivity contribution is 7.89. The molecule has 0 aliphatic heterocycles. The fourth-order valence-electron chi connectivity index (χ4n) is 1.89. The number of nitro groups is 1. The van der Waals surface area contributed by atoms with Crippen molar-refractivity contribution >= 4 is 21.6 Å². The van der Waals surface area contributed by atoms with E-state index in [1.54, 1.807) is 19.3 Å². The van der Waals surface area contributed by atoms with Crippen LogP contribution in [0.25, 0.3) is 0 Å². The second kappa shape index (κ2) is 6.18. The Morgan fingerprint density at radius 1 is 1.30 bits per heavy atom. The summed E-state index contributed by atoms with van der Waals surface area (Å²) in [5, 5.41) is 10.9. The van der Waals surface area contributed by atoms with Gasteiger partial charge in [0, 0.05) is 24.9 Å². The minimum absolute atomic E-state index is 0.252. The monoisotopic (exact) mass is 338 g/mol. The Hall–Kier alpha value is -2.72. The molecule has 0 spiro atoms. The summed E-state index contributed by atoms with van der Waals surface area (Å²) >= 11 is 0. The predicted octanol–water partition coefficient (Wildman–Crippen LogP) is 0.865. The summed E-state index contributed by atoms with van der Waals surface area (Å²) in [5.41, 5.74) is 2.33. The molecule has 1 heterocycles. The number of amides is 1. The number of hydrogen-bond donors (Lipinski definition) is 2. The molecule has 0 fully saturated rings. The van der Waals surface area contributed by atoms with Gasteiger partial charge in [-0.1, -0.05) is 6.07 Å². The van der Waals surface area contributed by atoms with Crippen molar-refractivity contribution in [3.8, 4) is 0 Å². The van der Waals surface area contributed by atoms with Crippen LogP contribution < -0.4 is 10.3 Å². The molecule has 0 atom stereocenters. The van der Waals surface area contributed by atoms with Gasteiger partial charge in [0.1, 0.15) is 5.69 Å². The van der Waals surface area contributed by atoms with Crippen LogP contribution in [-0.2, 0) is 17.1 Å². The van der Waals surface area contributed by atoms with Crippen molar-refractivity contribution in [3.63, 3.8) is 0 Å². The summed E-state index contributed by atoms with van der Waals surface area (Å²) in [6.07, 6.45) is 1.63. The number of hydrazine groups is 1. The SMILES string of the molecule is Cc1ccc(S(=O)(=O)NNC(=O)c2cccn2C)cc1[N+](=O)[O-]. The van der Waals surface area contributed by atoms with Gasteiger partial charge in [0.15, 0.2) is 0 Å². The Labute approximate surface area is 132 Å². The molecule has 0 saturated heterocycles. The molecular weight excluding hydrogens is 324 g/mol. The summed E-state index contributed by atoms with van der Waals surface area (Å²) in [6.45, 7) is 1.50. The molecule has 0 aliphatic rings. The molecule has 0 aliphatic carbocycles. The van der Waals surface area contributed by atoms with Gasteiger partial charge < -0.3 is 4.57 Å². The highest BCUT2D eigenvalue weighted by Gasteiger charge is 2.21. The average Bonchev–Trinajstić information content (AvgIpc) is 2.91. The first kappa shape index (κ1) is 16.6. The van der Waals surface area contributed by atoms with E-state index in [1.165, 1.54) is 29.7 Å². The Bertz CT molecular complexity index is 872. The summed E-state index contributed by atoms with van der Waals surface area (Å²) in [5.74, 6) is -0.650. The van der Waals surface area contributed by atoms with Crippen molar-refractivity contribution in [2.24, 2.45) is 7.05 Å². The number of hydrogen-bond acceptors (Lipinski definition) is 5. The zero-order valence-corrected chi connectivity index (χ0v) is 13.1. The maximum Gasteiger partial charge on any atom is 0.282 e. The highest BCUT2D eigenvalue weighted by atomic mass is 32.2. The fourth-order valence-corrected chi connectivity index (χ4v) is 2.75. The van der Waals surface area contributed by atoms with Crippen LogP contribution in [0.5, 0.6) is 0 Å². The molecule has 1 aromatic carbocycles. The standard InChI is InChI=1S/C13H14N4O5S/c1-9-5-6-10(8-12(9)17(19)20)23(21,22)15-14-13(18)11-4-3-7-16(11)2/h3-8,15H,1-2H3,(H,14,18). The Morgan fingerprint density at radius 2 is 2.00 bits per heavy atom. The first-order valence-electron chi connectivity index (χ1n) is 6.41. The summed E-state index contributed by atoms with van der Waals surface area (Å²) in [7, 11) is -2.50. The number of rotatable bonds is 5. The second-order valence-electron chi connectivity index (χ2n) is 4.77. The predicted molar refractivity (Wildman–Crippen MR) is 81.0 cm³/mol. The molecule has 0 radical (unpaired) electrons. The second-order valence-corrected chi connectivity index (χ2v) is 6.45. The van der Waals surface area contributed by atoms with Crippen LogP contribution in [-0.4, -0.2) is 23.8 Å². The van der Waals surface area contributed by atoms with Crippen molar-refractivity contribution in [1.82, 2.24) is 14.8 Å². The van der Waals surface area contributed by atoms with Crippen LogP contribution in [0.15, 0.2) is 41.4 Å². The van der Waals surface area contributed by atoms with E-state index in [4.69, 9.17) is 0 Å². The number of sulfonamides is 1. The number of nitro benzene ring substituents is 1. The van der Waals surface area contributed by atoms with Crippen molar-refractivity contribution in [2.45, 2.75) is 11.8 Å². The van der Waals surface area contributed by atoms with Gasteiger partial charge in [-0.25, -0.2) is 8.42 Å². The maximum absolute atomic E-state index is 12.1. The van der Waals surface area contributed by atoms with E-state index >= 15 is 0 Å². The lowest BCUT2D eigenvalue weighted by atomic mass is 10.2. The number of carbonyl (C=O) groups is 1. The Kier molecular flexibility index (Phi) is 4.48. The van der Waals surface area contributed by atoms with Crippen molar-refractivity contribution in [1.29, 1.82) is 0 Å². The number of carbonyl (C=O) groups excluding carboxylic acids is 1. The van der Waals surface area contributed by atoms with Gasteiger partial charge in [-0.05, 0) is 25.1 Å². The van der Waals surface area contributed by atoms with Gasteiger partial charge in [0.25, 0.3) is 21.6 Å². The van der Waals surface area contributed by atoms with Gasteiger partial charge in [0.05, 0.1) is 9.82 Å². The highest BCUT2D eigenvalue weighted by Crippen LogP contribution is 2.21. The maximum atomic E-state index is 12.1. The third-order valence-electron chi connectivity index (χ3n) is 3.16. The summed E-state index contributed by atoms with van der Waals surface area (Å²) < 4.78 is 25.8. The Balaban J connectivity index is 2.20. The van der Waals surface area contributed by atoms with Gasteiger partial charge in [-0.15, -0.1) is 4.83 Å². The first-order valence-corrected chi connectivity index (χ1v) is 7.89. The molecule has 2 rings (SSSR count). The molecule has 10 heteroatoms. The topological polar surface area (TPSA) is 123 Å². The normalized spacial score (nSPS) is 11.2. The lowest BCUT2D eigenvalue weighted by Gasteiger charge is -2.09. The van der Waals surface area contributed by atoms with Crippen LogP contribution in [0.1, 0.15) is 16.1 Å². The van der Waals surface area contributed by atoms with Gasteiger partial charge in [-0.3, -0.25) is 20.3 Å². The summed E-state index contributed by atoms with van der Waals surface area (Å²) in [4.78, 5) is 23.7. The number of aromatic nitrogens is 1. The molecule has 23 heavy (non-hydrogen) atoms. The molecule has 0 saturated carbocycles. The molecule has 122 valence electrons. The van der Waals surface area contributed by atoms with Crippen LogP contribution >= 0.6 is 0 Å². The number of aryl methyl sites for hydroxylation is 2. The molecule has 2 aromatic rings. The third-order valence-corrected chi connectivity index (χ3v) is 4.41. The van der Waals surface area contributed by atoms with E-state index in [9.17, 15) is 23.3 Å². The van der Waals surface area contributed by atoms with E-state index in [2.05, 4.69) is 5.43 Å². The molecular formula is C13H14N4O5S. The molecule has 9 nitrogen and oxygen atoms in total. The third kappa shape index (κ3) is 3.55. The average molecular weight is 338 g/mol. The summed E-state index contributed by atoms with van der Waals surface area (Å²) in [6, 6.07) is 6.63. The van der Waals surface area contributed by atoms with Gasteiger partial charge in [0.2, 0.25) is 0 Å². The van der Waals surface area contributed by atoms with E-state index in [0.717, 1.165) is 6.07 Å². The minimum atomic E-state index is -4.13. The smallest absolute Gasteiger partial charge is 0.282 e. The minimum Gasteiger partial charge on any atom is -0.347 e. The van der Waals surface area contributed by atoms with Crippen LogP contribution in [0.2, 0.25) is 0 Å². The zero-order chi connectivity index (χ0) is 17.2. The molecule has 2 N–H and O–H groups in total. The quantitative estimate of drug-likeness (QED) is 0.618. The van der Waals surface area contributed by atoms with Crippen LogP contribution in [0.3, 0.4) is 0 Å². The lowest BCUT2D eigenvalue weighted by molar-refractivity contribution is -0.385. The van der Waals surface area contributed by atoms with Gasteiger partial charge >= 0.3 is 0 Å². The number of nitrogens with one attached hydrogen (secondary N) is 2.